The van der Waals surface area contributed by atoms with E-state index in [9.17, 15) is 4.79 Å². The number of benzene rings is 1. The second-order valence-corrected chi connectivity index (χ2v) is 5.45. The van der Waals surface area contributed by atoms with Gasteiger partial charge in [-0.1, -0.05) is 0 Å². The van der Waals surface area contributed by atoms with Gasteiger partial charge < -0.3 is 23.0 Å². The molecular formula is C18H18N2O6. The van der Waals surface area contributed by atoms with Gasteiger partial charge in [-0.05, 0) is 44.2 Å². The number of hydrogen-bond donors (Lipinski definition) is 0. The van der Waals surface area contributed by atoms with Crippen molar-refractivity contribution in [3.63, 3.8) is 0 Å². The van der Waals surface area contributed by atoms with Crippen LogP contribution in [-0.2, 0) is 16.1 Å². The van der Waals surface area contributed by atoms with Crippen LogP contribution >= 0.6 is 0 Å². The molecule has 2 heterocycles. The van der Waals surface area contributed by atoms with Crippen molar-refractivity contribution in [2.24, 2.45) is 0 Å². The van der Waals surface area contributed by atoms with Crippen LogP contribution in [0.4, 0.5) is 0 Å². The minimum Gasteiger partial charge on any atom is -0.497 e. The normalized spacial score (nSPS) is 10.6. The van der Waals surface area contributed by atoms with Crippen molar-refractivity contribution >= 4 is 5.97 Å². The molecule has 0 fully saturated rings. The molecule has 0 amide bonds. The van der Waals surface area contributed by atoms with E-state index >= 15 is 0 Å². The highest BCUT2D eigenvalue weighted by Crippen LogP contribution is 2.25. The average molecular weight is 358 g/mol. The summed E-state index contributed by atoms with van der Waals surface area (Å²) in [7, 11) is 1.57. The summed E-state index contributed by atoms with van der Waals surface area (Å²) in [5, 5.41) is 7.80. The molecule has 8 nitrogen and oxygen atoms in total. The summed E-state index contributed by atoms with van der Waals surface area (Å²) in [4.78, 5) is 11.8. The van der Waals surface area contributed by atoms with Crippen LogP contribution in [0.25, 0.3) is 11.5 Å². The average Bonchev–Trinajstić information content (AvgIpc) is 3.24. The van der Waals surface area contributed by atoms with E-state index in [2.05, 4.69) is 10.2 Å². The molecule has 0 unspecified atom stereocenters. The molecule has 1 aromatic carbocycles. The minimum atomic E-state index is -0.545. The Morgan fingerprint density at radius 1 is 1.08 bits per heavy atom. The molecule has 0 aliphatic carbocycles. The van der Waals surface area contributed by atoms with E-state index in [4.69, 9.17) is 23.0 Å². The lowest BCUT2D eigenvalue weighted by Gasteiger charge is -2.06. The van der Waals surface area contributed by atoms with Crippen molar-refractivity contribution < 1.29 is 27.8 Å². The molecule has 26 heavy (non-hydrogen) atoms. The maximum absolute atomic E-state index is 11.8. The van der Waals surface area contributed by atoms with Gasteiger partial charge in [0.15, 0.2) is 13.2 Å². The summed E-state index contributed by atoms with van der Waals surface area (Å²) in [6.07, 6.45) is 0. The molecule has 3 rings (SSSR count). The van der Waals surface area contributed by atoms with Gasteiger partial charge in [0.05, 0.1) is 12.7 Å². The largest absolute Gasteiger partial charge is 0.497 e. The summed E-state index contributed by atoms with van der Waals surface area (Å²) in [5.74, 6) is 2.64. The Hall–Kier alpha value is -3.29. The summed E-state index contributed by atoms with van der Waals surface area (Å²) in [6.45, 7) is 3.28. The molecule has 0 saturated heterocycles. The number of rotatable bonds is 7. The van der Waals surface area contributed by atoms with E-state index in [-0.39, 0.29) is 19.1 Å². The second-order valence-electron chi connectivity index (χ2n) is 5.45. The second kappa shape index (κ2) is 7.73. The highest BCUT2D eigenvalue weighted by atomic mass is 16.6. The van der Waals surface area contributed by atoms with Gasteiger partial charge >= 0.3 is 5.97 Å². The molecule has 0 N–H and O–H groups in total. The van der Waals surface area contributed by atoms with Gasteiger partial charge in [-0.3, -0.25) is 0 Å². The maximum atomic E-state index is 11.8. The van der Waals surface area contributed by atoms with Crippen molar-refractivity contribution in [2.45, 2.75) is 20.5 Å². The van der Waals surface area contributed by atoms with Gasteiger partial charge in [-0.2, -0.15) is 0 Å². The first-order valence-electron chi connectivity index (χ1n) is 7.87. The van der Waals surface area contributed by atoms with Gasteiger partial charge in [0, 0.05) is 0 Å². The molecule has 0 spiro atoms. The Balaban J connectivity index is 1.49. The third-order valence-corrected chi connectivity index (χ3v) is 3.51. The monoisotopic (exact) mass is 358 g/mol. The first-order valence-corrected chi connectivity index (χ1v) is 7.87. The van der Waals surface area contributed by atoms with Crippen LogP contribution in [0.2, 0.25) is 0 Å². The minimum absolute atomic E-state index is 0.131. The molecular weight excluding hydrogens is 340 g/mol. The predicted molar refractivity (Wildman–Crippen MR) is 89.8 cm³/mol. The summed E-state index contributed by atoms with van der Waals surface area (Å²) in [5.41, 5.74) is 0.718. The number of furan rings is 1. The summed E-state index contributed by atoms with van der Waals surface area (Å²) in [6, 6.07) is 8.68. The number of methoxy groups -OCH3 is 1. The van der Waals surface area contributed by atoms with E-state index in [0.717, 1.165) is 11.3 Å². The zero-order valence-corrected chi connectivity index (χ0v) is 14.6. The zero-order valence-electron chi connectivity index (χ0n) is 14.6. The molecule has 2 aromatic heterocycles. The Morgan fingerprint density at radius 2 is 1.81 bits per heavy atom. The van der Waals surface area contributed by atoms with Gasteiger partial charge in [0.25, 0.3) is 11.8 Å². The van der Waals surface area contributed by atoms with E-state index in [1.54, 1.807) is 37.4 Å². The topological polar surface area (TPSA) is 96.8 Å². The predicted octanol–water partition coefficient (Wildman–Crippen LogP) is 3.08. The molecule has 136 valence electrons. The molecule has 0 bridgehead atoms. The maximum Gasteiger partial charge on any atom is 0.344 e. The first kappa shape index (κ1) is 17.5. The standard InChI is InChI=1S/C18H18N2O6/c1-11-8-15(12(2)25-11)18-20-19-16(26-18)9-24-17(21)10-23-14-6-4-13(22-3)5-7-14/h4-8H,9-10H2,1-3H3. The fraction of sp³-hybridized carbons (Fsp3) is 0.278. The Bertz CT molecular complexity index is 881. The van der Waals surface area contributed by atoms with Crippen LogP contribution < -0.4 is 9.47 Å². The molecule has 3 aromatic rings. The zero-order chi connectivity index (χ0) is 18.5. The quantitative estimate of drug-likeness (QED) is 0.595. The fourth-order valence-corrected chi connectivity index (χ4v) is 2.26. The Morgan fingerprint density at radius 3 is 2.46 bits per heavy atom. The lowest BCUT2D eigenvalue weighted by atomic mass is 10.2. The molecule has 8 heteroatoms. The third kappa shape index (κ3) is 4.21. The number of ether oxygens (including phenoxy) is 3. The van der Waals surface area contributed by atoms with E-state index < -0.39 is 5.97 Å². The van der Waals surface area contributed by atoms with Gasteiger partial charge in [0.1, 0.15) is 23.0 Å². The van der Waals surface area contributed by atoms with E-state index in [1.807, 2.05) is 13.8 Å². The Kier molecular flexibility index (Phi) is 5.21. The van der Waals surface area contributed by atoms with Crippen LogP contribution in [-0.4, -0.2) is 29.9 Å². The molecule has 0 aliphatic rings. The van der Waals surface area contributed by atoms with Gasteiger partial charge in [0.2, 0.25) is 0 Å². The van der Waals surface area contributed by atoms with Crippen LogP contribution in [0.5, 0.6) is 11.5 Å². The van der Waals surface area contributed by atoms with Crippen LogP contribution in [0, 0.1) is 13.8 Å². The number of carbonyl (C=O) groups excluding carboxylic acids is 1. The number of aryl methyl sites for hydroxylation is 2. The molecule has 0 atom stereocenters. The SMILES string of the molecule is COc1ccc(OCC(=O)OCc2nnc(-c3cc(C)oc3C)o2)cc1. The highest BCUT2D eigenvalue weighted by molar-refractivity contribution is 5.71. The number of nitrogens with zero attached hydrogens (tertiary/aromatic N) is 2. The smallest absolute Gasteiger partial charge is 0.344 e. The van der Waals surface area contributed by atoms with E-state index in [1.165, 1.54) is 0 Å². The number of esters is 1. The molecule has 0 aliphatic heterocycles. The summed E-state index contributed by atoms with van der Waals surface area (Å²) < 4.78 is 26.4. The molecule has 0 radical (unpaired) electrons. The van der Waals surface area contributed by atoms with Gasteiger partial charge in [-0.15, -0.1) is 10.2 Å². The third-order valence-electron chi connectivity index (χ3n) is 3.51. The van der Waals surface area contributed by atoms with Crippen molar-refractivity contribution in [1.82, 2.24) is 10.2 Å². The number of aromatic nitrogens is 2. The van der Waals surface area contributed by atoms with E-state index in [0.29, 0.717) is 23.1 Å². The van der Waals surface area contributed by atoms with Crippen molar-refractivity contribution in [3.05, 3.63) is 47.7 Å². The van der Waals surface area contributed by atoms with Crippen molar-refractivity contribution in [3.8, 4) is 23.0 Å². The van der Waals surface area contributed by atoms with Crippen LogP contribution in [0.15, 0.2) is 39.2 Å². The van der Waals surface area contributed by atoms with Crippen molar-refractivity contribution in [1.29, 1.82) is 0 Å². The van der Waals surface area contributed by atoms with Crippen molar-refractivity contribution in [2.75, 3.05) is 13.7 Å². The van der Waals surface area contributed by atoms with Crippen LogP contribution in [0.3, 0.4) is 0 Å². The number of carbonyl (C=O) groups is 1. The highest BCUT2D eigenvalue weighted by Gasteiger charge is 2.15. The lowest BCUT2D eigenvalue weighted by Crippen LogP contribution is -2.14. The lowest BCUT2D eigenvalue weighted by molar-refractivity contribution is -0.148. The Labute approximate surface area is 149 Å². The van der Waals surface area contributed by atoms with Crippen LogP contribution in [0.1, 0.15) is 17.4 Å². The fourth-order valence-electron chi connectivity index (χ4n) is 2.26. The summed E-state index contributed by atoms with van der Waals surface area (Å²) >= 11 is 0. The molecule has 0 saturated carbocycles. The first-order chi connectivity index (χ1) is 12.5. The van der Waals surface area contributed by atoms with Gasteiger partial charge in [-0.25, -0.2) is 4.79 Å². The number of hydrogen-bond acceptors (Lipinski definition) is 8.